The van der Waals surface area contributed by atoms with Crippen LogP contribution in [-0.2, 0) is 38.1 Å². The zero-order valence-corrected chi connectivity index (χ0v) is 35.8. The van der Waals surface area contributed by atoms with Crippen LogP contribution in [0.5, 0.6) is 17.2 Å². The van der Waals surface area contributed by atoms with Gasteiger partial charge >= 0.3 is 17.6 Å². The second kappa shape index (κ2) is 16.5. The molecule has 2 saturated heterocycles. The number of phenolic OH excluding ortho intramolecular Hbond substituents is 2. The lowest BCUT2D eigenvalue weighted by Crippen LogP contribution is -2.78. The van der Waals surface area contributed by atoms with Gasteiger partial charge in [-0.1, -0.05) is 65.8 Å². The van der Waals surface area contributed by atoms with Crippen molar-refractivity contribution in [2.24, 2.45) is 0 Å². The minimum Gasteiger partial charge on any atom is -0.507 e. The number of ether oxygens (including phenoxy) is 4. The van der Waals surface area contributed by atoms with Crippen molar-refractivity contribution in [2.75, 3.05) is 5.32 Å². The number of aliphatic hydroxyl groups is 4. The van der Waals surface area contributed by atoms with E-state index in [1.807, 2.05) is 0 Å². The molecule has 0 radical (unpaired) electrons. The molecule has 1 amide bonds. The first kappa shape index (κ1) is 46.1. The van der Waals surface area contributed by atoms with Crippen molar-refractivity contribution in [3.63, 3.8) is 0 Å². The summed E-state index contributed by atoms with van der Waals surface area (Å²) in [5, 5.41) is 80.8. The SMILES string of the molecule is CC(=O)O[C@@H]1[C@@H](C)O[C@@H]([13c]2c[13cH]c3[13c](c2O)C(O)[13C]24OC2(C3=O)[13C]2(O)C(=O)[13CH]=C([13CH3])[13CH2]C2(O)[13CH2]C4O)C[C@H]1OC(=O)/[13CH]=C/[13CH]=C/[13CH]=C/[13CH]=C/[13C](=O)Nc1c(O)c2ccc(O)c(Cl)c2oc1=O. The summed E-state index contributed by atoms with van der Waals surface area (Å²) in [6, 6.07) is 4.95. The highest BCUT2D eigenvalue weighted by Crippen LogP contribution is 2.74. The lowest BCUT2D eigenvalue weighted by atomic mass is 9.87. The van der Waals surface area contributed by atoms with Gasteiger partial charge in [0.1, 0.15) is 34.3 Å². The van der Waals surface area contributed by atoms with Gasteiger partial charge in [0.25, 0.3) is 0 Å². The van der Waals surface area contributed by atoms with Gasteiger partial charge < -0.3 is 64.4 Å². The van der Waals surface area contributed by atoms with Gasteiger partial charge in [-0.3, -0.25) is 19.2 Å². The van der Waals surface area contributed by atoms with E-state index in [1.54, 1.807) is 6.92 Å². The van der Waals surface area contributed by atoms with E-state index >= 15 is 0 Å². The van der Waals surface area contributed by atoms with Gasteiger partial charge in [0, 0.05) is 55.0 Å². The average Bonchev–Trinajstić information content (AvgIpc) is 3.98. The average molecular weight is 946 g/mol. The number of carbonyl (C=O) groups is 5. The summed E-state index contributed by atoms with van der Waals surface area (Å²) < 4.78 is 28.2. The largest absolute Gasteiger partial charge is 0.507 e. The maximum atomic E-state index is 14.4. The number of aromatic hydroxyl groups is 3. The molecule has 2 aromatic carbocycles. The number of hydrogen-bond donors (Lipinski definition) is 8. The number of allylic oxidation sites excluding steroid dienone is 6. The molecule has 3 fully saturated rings. The molecule has 3 aliphatic carbocycles. The second-order valence-corrected chi connectivity index (χ2v) is 17.1. The number of benzene rings is 2. The summed E-state index contributed by atoms with van der Waals surface area (Å²) in [6.45, 7) is 4.23. The third-order valence-electron chi connectivity index (χ3n) is 12.7. The molecule has 3 heterocycles. The van der Waals surface area contributed by atoms with E-state index in [4.69, 9.17) is 35.0 Å². The maximum absolute atomic E-state index is 14.4. The molecule has 8 rings (SSSR count). The molecule has 0 spiro atoms. The minimum absolute atomic E-state index is 0.00805. The Balaban J connectivity index is 0.943. The molecule has 66 heavy (non-hydrogen) atoms. The van der Waals surface area contributed by atoms with Crippen LogP contribution in [0.1, 0.15) is 73.7 Å². The molecular weight excluding hydrogens is 904 g/mol. The van der Waals surface area contributed by atoms with Crippen LogP contribution in [0, 0.1) is 0 Å². The number of ketones is 2. The van der Waals surface area contributed by atoms with Crippen molar-refractivity contribution in [2.45, 2.75) is 99.1 Å². The predicted molar refractivity (Wildman–Crippen MR) is 227 cm³/mol. The Hall–Kier alpha value is -6.45. The van der Waals surface area contributed by atoms with Crippen LogP contribution in [0.3, 0.4) is 0 Å². The Morgan fingerprint density at radius 3 is 2.30 bits per heavy atom. The van der Waals surface area contributed by atoms with Crippen LogP contribution in [-0.4, -0.2) is 112 Å². The van der Waals surface area contributed by atoms with Crippen LogP contribution in [0.15, 0.2) is 93.7 Å². The smallest absolute Gasteiger partial charge is 0.364 e. The molecular formula is C46H42ClNO18. The third kappa shape index (κ3) is 6.88. The zero-order chi connectivity index (χ0) is 47.8. The summed E-state index contributed by atoms with van der Waals surface area (Å²) in [7, 11) is 0. The number of epoxide rings is 1. The molecule has 1 aromatic heterocycles. The molecule has 19 nitrogen and oxygen atoms in total. The third-order valence-corrected chi connectivity index (χ3v) is 13.0. The highest BCUT2D eigenvalue weighted by atomic mass is 35.5. The van der Waals surface area contributed by atoms with Gasteiger partial charge in [-0.25, -0.2) is 9.59 Å². The van der Waals surface area contributed by atoms with Gasteiger partial charge in [0.2, 0.25) is 17.3 Å². The Morgan fingerprint density at radius 1 is 0.924 bits per heavy atom. The molecule has 0 bridgehead atoms. The van der Waals surface area contributed by atoms with Gasteiger partial charge in [0.05, 0.1) is 23.7 Å². The van der Waals surface area contributed by atoms with Crippen LogP contribution < -0.4 is 10.9 Å². The summed E-state index contributed by atoms with van der Waals surface area (Å²) in [5.41, 5.74) is -12.3. The quantitative estimate of drug-likeness (QED) is 0.0382. The van der Waals surface area contributed by atoms with Crippen LogP contribution >= 0.6 is 11.6 Å². The van der Waals surface area contributed by atoms with E-state index in [0.29, 0.717) is 5.57 Å². The number of rotatable bonds is 9. The fraction of sp³-hybridized carbons (Fsp3) is 0.348. The molecule has 5 aliphatic rings. The number of phenols is 2. The highest BCUT2D eigenvalue weighted by molar-refractivity contribution is 6.36. The second-order valence-electron chi connectivity index (χ2n) is 16.7. The first-order valence-corrected chi connectivity index (χ1v) is 20.8. The number of Topliss-reactive ketones (excluding diaryl/α,β-unsaturated/α-hetero) is 1. The van der Waals surface area contributed by atoms with E-state index in [1.165, 1.54) is 67.6 Å². The number of aliphatic hydroxyl groups excluding tert-OH is 2. The van der Waals surface area contributed by atoms with Crippen LogP contribution in [0.4, 0.5) is 5.69 Å². The Kier molecular flexibility index (Phi) is 11.5. The van der Waals surface area contributed by atoms with Crippen molar-refractivity contribution in [1.82, 2.24) is 0 Å². The van der Waals surface area contributed by atoms with E-state index in [-0.39, 0.29) is 51.3 Å². The fourth-order valence-corrected chi connectivity index (χ4v) is 9.99. The molecule has 346 valence electrons. The lowest BCUT2D eigenvalue weighted by Gasteiger charge is -2.54. The number of anilines is 1. The fourth-order valence-electron chi connectivity index (χ4n) is 9.78. The van der Waals surface area contributed by atoms with E-state index in [2.05, 4.69) is 5.32 Å². The molecule has 10 atom stereocenters. The topological polar surface area (TPSA) is 309 Å². The number of fused-ring (bicyclic) bond motifs is 3. The van der Waals surface area contributed by atoms with Gasteiger partial charge in [-0.15, -0.1) is 0 Å². The van der Waals surface area contributed by atoms with Crippen molar-refractivity contribution in [1.29, 1.82) is 0 Å². The van der Waals surface area contributed by atoms with Gasteiger partial charge in [0.15, 0.2) is 40.1 Å². The predicted octanol–water partition coefficient (Wildman–Crippen LogP) is 3.00. The number of hydrogen-bond acceptors (Lipinski definition) is 18. The zero-order valence-electron chi connectivity index (χ0n) is 35.1. The van der Waals surface area contributed by atoms with Gasteiger partial charge in [-0.05, 0) is 32.1 Å². The van der Waals surface area contributed by atoms with Crippen molar-refractivity contribution >= 4 is 57.7 Å². The summed E-state index contributed by atoms with van der Waals surface area (Å²) in [5.74, 6) is -6.08. The molecule has 1 saturated carbocycles. The first-order valence-electron chi connectivity index (χ1n) is 20.5. The Bertz CT molecular complexity index is 2840. The van der Waals surface area contributed by atoms with Crippen molar-refractivity contribution < 1.29 is 83.1 Å². The number of carbonyl (C=O) groups excluding carboxylic acids is 5. The normalized spacial score (nSPS) is 32.5. The van der Waals surface area contributed by atoms with Crippen molar-refractivity contribution in [3.8, 4) is 17.2 Å². The molecule has 20 heteroatoms. The summed E-state index contributed by atoms with van der Waals surface area (Å²) in [4.78, 5) is 77.7. The lowest BCUT2D eigenvalue weighted by molar-refractivity contribution is -0.210. The Morgan fingerprint density at radius 2 is 1.61 bits per heavy atom. The van der Waals surface area contributed by atoms with E-state index in [0.717, 1.165) is 25.2 Å². The van der Waals surface area contributed by atoms with Crippen LogP contribution in [0.25, 0.3) is 11.0 Å². The van der Waals surface area contributed by atoms with Gasteiger partial charge in [-0.2, -0.15) is 0 Å². The number of halogens is 1. The summed E-state index contributed by atoms with van der Waals surface area (Å²) >= 11 is 5.94. The Labute approximate surface area is 378 Å². The standard InChI is InChI=1S/C46H42ClNO18/c1-20-16-29(51)45(61)43(60,18-20)19-30(52)44-41(58)33-24(40(57)46(44,45)66-44)13-12-23(36(33)55)27-17-28(38(21(2)62-27)63-22(3)49)64-32(54)11-9-7-5-4-6-8-10-31(53)48-35-37(56)25-14-15-26(50)34(47)39(25)65-42(35)59/h4-16,21,27-28,30,38,41,50,52,55-56,58,60-61H,17-19H2,1-3H3,(H,48,53)/b6-4+,7-5+,10-8+,11-9+/t21-,27-,28-,30?,38-,41?,43?,44?,45?,46?/m1/s1/i1+1,4+1,7+1,8+1,11+1,13+1,16+1,18+1,19+1,23+1,31+1,33+1,44+1,45+1. The van der Waals surface area contributed by atoms with Crippen LogP contribution in [0.2, 0.25) is 5.02 Å². The molecule has 6 unspecified atom stereocenters. The number of esters is 2. The van der Waals surface area contributed by atoms with Crippen molar-refractivity contribution in [3.05, 3.63) is 117 Å². The van der Waals surface area contributed by atoms with E-state index < -0.39 is 118 Å². The molecule has 3 aromatic rings. The molecule has 2 aliphatic heterocycles. The number of amides is 1. The maximum Gasteiger partial charge on any atom is 0.364 e. The highest BCUT2D eigenvalue weighted by Gasteiger charge is 2.96. The summed E-state index contributed by atoms with van der Waals surface area (Å²) in [6.07, 6.45) is 2.51. The number of nitrogens with one attached hydrogen (secondary N) is 1. The molecule has 8 N–H and O–H groups in total. The first-order chi connectivity index (χ1) is 31.1. The monoisotopic (exact) mass is 945 g/mol. The van der Waals surface area contributed by atoms with E-state index in [9.17, 15) is 64.5 Å². The minimum atomic E-state index is -2.88.